The Morgan fingerprint density at radius 2 is 1.83 bits per heavy atom. The number of nitrogens with zero attached hydrogens (tertiary/aromatic N) is 2. The highest BCUT2D eigenvalue weighted by atomic mass is 16.7. The van der Waals surface area contributed by atoms with Crippen LogP contribution in [0.5, 0.6) is 0 Å². The monoisotopic (exact) mass is 250 g/mol. The molecule has 18 heavy (non-hydrogen) atoms. The normalized spacial score (nSPS) is 21.3. The van der Waals surface area contributed by atoms with Gasteiger partial charge in [0.2, 0.25) is 0 Å². The first-order chi connectivity index (χ1) is 8.36. The molecule has 0 atom stereocenters. The van der Waals surface area contributed by atoms with Crippen molar-refractivity contribution >= 4 is 12.7 Å². The van der Waals surface area contributed by atoms with Crippen LogP contribution in [0.3, 0.4) is 0 Å². The van der Waals surface area contributed by atoms with Crippen LogP contribution in [0, 0.1) is 0 Å². The van der Waals surface area contributed by atoms with Gasteiger partial charge < -0.3 is 14.4 Å². The van der Waals surface area contributed by atoms with Crippen LogP contribution in [0.4, 0.5) is 0 Å². The van der Waals surface area contributed by atoms with Gasteiger partial charge in [0.25, 0.3) is 0 Å². The molecule has 1 N–H and O–H groups in total. The third kappa shape index (κ3) is 2.41. The number of aromatic nitrogens is 2. The average Bonchev–Trinajstić information content (AvgIpc) is 2.49. The van der Waals surface area contributed by atoms with E-state index in [0.717, 1.165) is 0 Å². The quantitative estimate of drug-likeness (QED) is 0.782. The van der Waals surface area contributed by atoms with E-state index >= 15 is 0 Å². The average molecular weight is 250 g/mol. The van der Waals surface area contributed by atoms with Gasteiger partial charge in [-0.25, -0.2) is 9.97 Å². The number of hydrogen-bond acceptors (Lipinski definition) is 5. The largest absolute Gasteiger partial charge is 0.514 e. The zero-order valence-corrected chi connectivity index (χ0v) is 11.3. The molecule has 0 radical (unpaired) electrons. The van der Waals surface area contributed by atoms with Crippen molar-refractivity contribution in [2.75, 3.05) is 6.61 Å². The Morgan fingerprint density at radius 1 is 1.22 bits per heavy atom. The number of aliphatic hydroxyl groups excluding tert-OH is 1. The van der Waals surface area contributed by atoms with E-state index in [1.807, 2.05) is 27.7 Å². The van der Waals surface area contributed by atoms with Crippen molar-refractivity contribution < 1.29 is 14.4 Å². The summed E-state index contributed by atoms with van der Waals surface area (Å²) in [6, 6.07) is 1.78. The van der Waals surface area contributed by atoms with E-state index in [-0.39, 0.29) is 17.8 Å². The van der Waals surface area contributed by atoms with Crippen LogP contribution in [-0.2, 0) is 15.7 Å². The second kappa shape index (κ2) is 4.61. The van der Waals surface area contributed by atoms with Crippen LogP contribution in [0.15, 0.2) is 12.3 Å². The highest BCUT2D eigenvalue weighted by Crippen LogP contribution is 2.36. The SMILES string of the molecule is CC1(C)OB(c2ccnc(CCO)n2)OC1(C)C. The summed E-state index contributed by atoms with van der Waals surface area (Å²) in [5.41, 5.74) is -0.0495. The van der Waals surface area contributed by atoms with Crippen molar-refractivity contribution in [3.8, 4) is 0 Å². The molecule has 0 unspecified atom stereocenters. The maximum Gasteiger partial charge on any atom is 0.514 e. The molecule has 1 aromatic rings. The van der Waals surface area contributed by atoms with Gasteiger partial charge in [0.15, 0.2) is 0 Å². The van der Waals surface area contributed by atoms with Gasteiger partial charge in [0.05, 0.1) is 23.4 Å². The second-order valence-electron chi connectivity index (χ2n) is 5.46. The van der Waals surface area contributed by atoms with Gasteiger partial charge in [-0.15, -0.1) is 0 Å². The first-order valence-electron chi connectivity index (χ1n) is 6.14. The van der Waals surface area contributed by atoms with Crippen LogP contribution >= 0.6 is 0 Å². The van der Waals surface area contributed by atoms with Crippen molar-refractivity contribution in [1.82, 2.24) is 9.97 Å². The lowest BCUT2D eigenvalue weighted by atomic mass is 9.84. The fourth-order valence-corrected chi connectivity index (χ4v) is 1.73. The lowest BCUT2D eigenvalue weighted by Gasteiger charge is -2.32. The maximum atomic E-state index is 8.90. The molecule has 1 aliphatic heterocycles. The fraction of sp³-hybridized carbons (Fsp3) is 0.667. The van der Waals surface area contributed by atoms with E-state index in [9.17, 15) is 0 Å². The molecule has 0 aromatic carbocycles. The minimum absolute atomic E-state index is 0.0345. The molecular weight excluding hydrogens is 231 g/mol. The molecule has 1 fully saturated rings. The summed E-state index contributed by atoms with van der Waals surface area (Å²) in [6.45, 7) is 8.05. The van der Waals surface area contributed by atoms with Crippen molar-refractivity contribution in [3.63, 3.8) is 0 Å². The summed E-state index contributed by atoms with van der Waals surface area (Å²) in [6.07, 6.45) is 2.10. The number of hydrogen-bond donors (Lipinski definition) is 1. The second-order valence-corrected chi connectivity index (χ2v) is 5.46. The molecule has 0 bridgehead atoms. The number of aliphatic hydroxyl groups is 1. The predicted molar refractivity (Wildman–Crippen MR) is 68.5 cm³/mol. The molecular formula is C12H19BN2O3. The molecule has 2 rings (SSSR count). The third-order valence-corrected chi connectivity index (χ3v) is 3.56. The molecule has 0 saturated carbocycles. The van der Waals surface area contributed by atoms with Crippen molar-refractivity contribution in [2.24, 2.45) is 0 Å². The molecule has 0 aliphatic carbocycles. The van der Waals surface area contributed by atoms with Crippen LogP contribution in [0.1, 0.15) is 33.5 Å². The van der Waals surface area contributed by atoms with Gasteiger partial charge in [-0.2, -0.15) is 0 Å². The third-order valence-electron chi connectivity index (χ3n) is 3.56. The van der Waals surface area contributed by atoms with E-state index in [1.165, 1.54) is 0 Å². The lowest BCUT2D eigenvalue weighted by Crippen LogP contribution is -2.41. The molecule has 0 spiro atoms. The smallest absolute Gasteiger partial charge is 0.398 e. The van der Waals surface area contributed by atoms with Gasteiger partial charge in [0, 0.05) is 12.6 Å². The molecule has 1 aromatic heterocycles. The van der Waals surface area contributed by atoms with Crippen molar-refractivity contribution in [3.05, 3.63) is 18.1 Å². The van der Waals surface area contributed by atoms with E-state index in [4.69, 9.17) is 14.4 Å². The summed E-state index contributed by atoms with van der Waals surface area (Å²) in [7, 11) is -0.476. The van der Waals surface area contributed by atoms with Crippen LogP contribution in [0.25, 0.3) is 0 Å². The summed E-state index contributed by atoms with van der Waals surface area (Å²) >= 11 is 0. The summed E-state index contributed by atoms with van der Waals surface area (Å²) in [4.78, 5) is 8.45. The van der Waals surface area contributed by atoms with Crippen LogP contribution < -0.4 is 5.59 Å². The highest BCUT2D eigenvalue weighted by Gasteiger charge is 2.52. The Balaban J connectivity index is 2.21. The van der Waals surface area contributed by atoms with Gasteiger partial charge in [-0.3, -0.25) is 0 Å². The standard InChI is InChI=1S/C12H19BN2O3/c1-11(2)12(3,4)18-13(17-11)9-5-7-14-10(15-9)6-8-16/h5,7,16H,6,8H2,1-4H3. The minimum Gasteiger partial charge on any atom is -0.398 e. The maximum absolute atomic E-state index is 8.90. The summed E-state index contributed by atoms with van der Waals surface area (Å²) in [5, 5.41) is 8.90. The minimum atomic E-state index is -0.476. The van der Waals surface area contributed by atoms with Gasteiger partial charge in [0.1, 0.15) is 5.82 Å². The number of rotatable bonds is 3. The van der Waals surface area contributed by atoms with Crippen LogP contribution in [0.2, 0.25) is 0 Å². The first-order valence-corrected chi connectivity index (χ1v) is 6.14. The molecule has 2 heterocycles. The van der Waals surface area contributed by atoms with E-state index in [1.54, 1.807) is 12.3 Å². The Kier molecular flexibility index (Phi) is 3.44. The highest BCUT2D eigenvalue weighted by molar-refractivity contribution is 6.61. The van der Waals surface area contributed by atoms with Gasteiger partial charge in [-0.1, -0.05) is 0 Å². The van der Waals surface area contributed by atoms with Crippen LogP contribution in [-0.4, -0.2) is 40.0 Å². The van der Waals surface area contributed by atoms with Crippen molar-refractivity contribution in [2.45, 2.75) is 45.3 Å². The molecule has 1 saturated heterocycles. The van der Waals surface area contributed by atoms with Crippen molar-refractivity contribution in [1.29, 1.82) is 0 Å². The Bertz CT molecular complexity index is 421. The Morgan fingerprint density at radius 3 is 2.39 bits per heavy atom. The van der Waals surface area contributed by atoms with Gasteiger partial charge >= 0.3 is 7.12 Å². The Labute approximate surface area is 108 Å². The van der Waals surface area contributed by atoms with E-state index < -0.39 is 7.12 Å². The predicted octanol–water partition coefficient (Wildman–Crippen LogP) is 0.311. The zero-order valence-electron chi connectivity index (χ0n) is 11.3. The zero-order chi connectivity index (χ0) is 13.4. The van der Waals surface area contributed by atoms with E-state index in [0.29, 0.717) is 17.8 Å². The molecule has 98 valence electrons. The molecule has 1 aliphatic rings. The summed E-state index contributed by atoms with van der Waals surface area (Å²) < 4.78 is 11.8. The summed E-state index contributed by atoms with van der Waals surface area (Å²) in [5.74, 6) is 0.602. The first kappa shape index (κ1) is 13.5. The lowest BCUT2D eigenvalue weighted by molar-refractivity contribution is 0.00578. The molecule has 5 nitrogen and oxygen atoms in total. The molecule has 0 amide bonds. The van der Waals surface area contributed by atoms with E-state index in [2.05, 4.69) is 9.97 Å². The molecule has 6 heteroatoms. The fourth-order valence-electron chi connectivity index (χ4n) is 1.73. The topological polar surface area (TPSA) is 64.5 Å². The van der Waals surface area contributed by atoms with Gasteiger partial charge in [-0.05, 0) is 33.8 Å². The Hall–Kier alpha value is -0.975.